The van der Waals surface area contributed by atoms with E-state index in [-0.39, 0.29) is 27.8 Å². The van der Waals surface area contributed by atoms with Crippen molar-refractivity contribution in [1.82, 2.24) is 9.21 Å². The molecule has 2 aliphatic rings. The van der Waals surface area contributed by atoms with Crippen molar-refractivity contribution in [2.45, 2.75) is 63.8 Å². The van der Waals surface area contributed by atoms with Gasteiger partial charge in [0.1, 0.15) is 0 Å². The number of hydrogen-bond acceptors (Lipinski definition) is 3. The Morgan fingerprint density at radius 3 is 2.44 bits per heavy atom. The van der Waals surface area contributed by atoms with Crippen LogP contribution in [0, 0.1) is 5.41 Å². The van der Waals surface area contributed by atoms with Gasteiger partial charge in [-0.15, -0.1) is 0 Å². The first-order valence-corrected chi connectivity index (χ1v) is 11.5. The van der Waals surface area contributed by atoms with Gasteiger partial charge in [-0.3, -0.25) is 4.79 Å². The molecule has 3 rings (SSSR count). The highest BCUT2D eigenvalue weighted by molar-refractivity contribution is 7.89. The monoisotopic (exact) mass is 412 g/mol. The average Bonchev–Trinajstić information content (AvgIpc) is 3.24. The maximum atomic E-state index is 13.2. The highest BCUT2D eigenvalue weighted by Gasteiger charge is 2.34. The number of amides is 1. The topological polar surface area (TPSA) is 57.7 Å². The van der Waals surface area contributed by atoms with Gasteiger partial charge in [-0.25, -0.2) is 8.42 Å². The van der Waals surface area contributed by atoms with Gasteiger partial charge in [-0.05, 0) is 55.7 Å². The highest BCUT2D eigenvalue weighted by Crippen LogP contribution is 2.33. The molecule has 1 amide bonds. The van der Waals surface area contributed by atoms with Gasteiger partial charge in [0, 0.05) is 25.7 Å². The summed E-state index contributed by atoms with van der Waals surface area (Å²) in [6.45, 7) is 8.28. The van der Waals surface area contributed by atoms with Crippen LogP contribution in [0.3, 0.4) is 0 Å². The van der Waals surface area contributed by atoms with Gasteiger partial charge in [-0.1, -0.05) is 32.4 Å². The summed E-state index contributed by atoms with van der Waals surface area (Å²) in [5.74, 6) is -0.162. The third-order valence-corrected chi connectivity index (χ3v) is 7.58. The van der Waals surface area contributed by atoms with E-state index < -0.39 is 10.0 Å². The zero-order chi connectivity index (χ0) is 19.8. The van der Waals surface area contributed by atoms with E-state index in [0.717, 1.165) is 32.1 Å². The summed E-state index contributed by atoms with van der Waals surface area (Å²) in [4.78, 5) is 15.2. The van der Waals surface area contributed by atoms with E-state index in [1.165, 1.54) is 22.5 Å². The Labute approximate surface area is 167 Å². The van der Waals surface area contributed by atoms with Gasteiger partial charge >= 0.3 is 0 Å². The molecule has 2 aliphatic heterocycles. The van der Waals surface area contributed by atoms with Crippen molar-refractivity contribution < 1.29 is 13.2 Å². The van der Waals surface area contributed by atoms with Crippen molar-refractivity contribution >= 4 is 27.5 Å². The molecule has 5 nitrogen and oxygen atoms in total. The van der Waals surface area contributed by atoms with Crippen molar-refractivity contribution in [3.8, 4) is 0 Å². The second-order valence-corrected chi connectivity index (χ2v) is 11.2. The fourth-order valence-corrected chi connectivity index (χ4v) is 5.83. The summed E-state index contributed by atoms with van der Waals surface area (Å²) >= 11 is 6.30. The molecule has 0 radical (unpaired) electrons. The number of nitrogens with zero attached hydrogens (tertiary/aromatic N) is 2. The molecule has 1 unspecified atom stereocenters. The summed E-state index contributed by atoms with van der Waals surface area (Å²) in [5, 5.41) is 0.307. The molecular weight excluding hydrogens is 384 g/mol. The Morgan fingerprint density at radius 2 is 1.81 bits per heavy atom. The second kappa shape index (κ2) is 7.72. The lowest BCUT2D eigenvalue weighted by atomic mass is 9.87. The lowest BCUT2D eigenvalue weighted by Gasteiger charge is -2.30. The maximum absolute atomic E-state index is 13.2. The van der Waals surface area contributed by atoms with E-state index >= 15 is 0 Å². The minimum atomic E-state index is -3.57. The molecule has 1 atom stereocenters. The fourth-order valence-electron chi connectivity index (χ4n) is 4.08. The highest BCUT2D eigenvalue weighted by atomic mass is 35.5. The third-order valence-electron chi connectivity index (χ3n) is 5.36. The molecule has 0 saturated carbocycles. The van der Waals surface area contributed by atoms with Crippen LogP contribution in [0.5, 0.6) is 0 Å². The first-order valence-electron chi connectivity index (χ1n) is 9.70. The minimum absolute atomic E-state index is 0.123. The molecule has 0 bridgehead atoms. The van der Waals surface area contributed by atoms with E-state index in [9.17, 15) is 13.2 Å². The number of halogens is 1. The van der Waals surface area contributed by atoms with E-state index in [4.69, 9.17) is 11.6 Å². The molecule has 150 valence electrons. The Bertz CT molecular complexity index is 811. The van der Waals surface area contributed by atoms with Crippen molar-refractivity contribution in [2.24, 2.45) is 5.41 Å². The van der Waals surface area contributed by atoms with E-state index in [0.29, 0.717) is 24.7 Å². The number of hydrogen-bond donors (Lipinski definition) is 0. The fraction of sp³-hybridized carbons (Fsp3) is 0.650. The van der Waals surface area contributed by atoms with Crippen molar-refractivity contribution in [1.29, 1.82) is 0 Å². The van der Waals surface area contributed by atoms with Crippen LogP contribution in [0.4, 0.5) is 0 Å². The molecule has 1 aromatic rings. The quantitative estimate of drug-likeness (QED) is 0.745. The smallest absolute Gasteiger partial charge is 0.255 e. The summed E-state index contributed by atoms with van der Waals surface area (Å²) in [6, 6.07) is 4.67. The van der Waals surface area contributed by atoms with Crippen LogP contribution in [0.15, 0.2) is 23.1 Å². The van der Waals surface area contributed by atoms with Gasteiger partial charge in [0.25, 0.3) is 5.91 Å². The third kappa shape index (κ3) is 4.49. The zero-order valence-electron chi connectivity index (χ0n) is 16.4. The lowest BCUT2D eigenvalue weighted by molar-refractivity contribution is 0.0704. The van der Waals surface area contributed by atoms with Gasteiger partial charge in [0.05, 0.1) is 15.5 Å². The summed E-state index contributed by atoms with van der Waals surface area (Å²) in [5.41, 5.74) is 0.413. The first kappa shape index (κ1) is 20.6. The van der Waals surface area contributed by atoms with Crippen LogP contribution in [0.25, 0.3) is 0 Å². The molecule has 2 saturated heterocycles. The number of carbonyl (C=O) groups is 1. The summed E-state index contributed by atoms with van der Waals surface area (Å²) in [6.07, 6.45) is 4.62. The summed E-state index contributed by atoms with van der Waals surface area (Å²) < 4.78 is 27.2. The van der Waals surface area contributed by atoms with Crippen LogP contribution in [0.2, 0.25) is 5.02 Å². The largest absolute Gasteiger partial charge is 0.336 e. The number of likely N-dealkylation sites (tertiary alicyclic amines) is 1. The van der Waals surface area contributed by atoms with Crippen molar-refractivity contribution in [3.05, 3.63) is 28.8 Å². The molecule has 7 heteroatoms. The van der Waals surface area contributed by atoms with Crippen molar-refractivity contribution in [2.75, 3.05) is 19.6 Å². The van der Waals surface area contributed by atoms with E-state index in [2.05, 4.69) is 20.8 Å². The standard InChI is InChI=1S/C20H29ClN2O3S/c1-20(2,3)14-15-7-6-12-23(15)19(24)17-13-16(8-9-18(17)21)27(25,26)22-10-4-5-11-22/h8-9,13,15H,4-7,10-12,14H2,1-3H3. The Morgan fingerprint density at radius 1 is 1.15 bits per heavy atom. The Kier molecular flexibility index (Phi) is 5.90. The predicted molar refractivity (Wildman–Crippen MR) is 108 cm³/mol. The van der Waals surface area contributed by atoms with E-state index in [1.54, 1.807) is 0 Å². The molecule has 1 aromatic carbocycles. The summed E-state index contributed by atoms with van der Waals surface area (Å²) in [7, 11) is -3.57. The minimum Gasteiger partial charge on any atom is -0.336 e. The SMILES string of the molecule is CC(C)(C)CC1CCCN1C(=O)c1cc(S(=O)(=O)N2CCCC2)ccc1Cl. The van der Waals surface area contributed by atoms with Gasteiger partial charge in [-0.2, -0.15) is 4.31 Å². The lowest BCUT2D eigenvalue weighted by Crippen LogP contribution is -2.38. The molecular formula is C20H29ClN2O3S. The van der Waals surface area contributed by atoms with Crippen molar-refractivity contribution in [3.63, 3.8) is 0 Å². The maximum Gasteiger partial charge on any atom is 0.255 e. The molecule has 27 heavy (non-hydrogen) atoms. The van der Waals surface area contributed by atoms with Crippen LogP contribution in [-0.2, 0) is 10.0 Å². The van der Waals surface area contributed by atoms with Gasteiger partial charge < -0.3 is 4.90 Å². The number of rotatable bonds is 4. The van der Waals surface area contributed by atoms with Crippen LogP contribution >= 0.6 is 11.6 Å². The predicted octanol–water partition coefficient (Wildman–Crippen LogP) is 4.17. The molecule has 0 aromatic heterocycles. The Hall–Kier alpha value is -1.11. The molecule has 0 N–H and O–H groups in total. The number of carbonyl (C=O) groups excluding carboxylic acids is 1. The Balaban J connectivity index is 1.89. The van der Waals surface area contributed by atoms with Crippen LogP contribution in [-0.4, -0.2) is 49.2 Å². The zero-order valence-corrected chi connectivity index (χ0v) is 17.9. The van der Waals surface area contributed by atoms with Gasteiger partial charge in [0.15, 0.2) is 0 Å². The number of benzene rings is 1. The number of sulfonamides is 1. The normalized spacial score (nSPS) is 21.8. The first-order chi connectivity index (χ1) is 12.6. The van der Waals surface area contributed by atoms with E-state index in [1.807, 2.05) is 4.90 Å². The second-order valence-electron chi connectivity index (χ2n) is 8.81. The van der Waals surface area contributed by atoms with Crippen LogP contribution in [0.1, 0.15) is 63.2 Å². The average molecular weight is 413 g/mol. The molecule has 2 fully saturated rings. The molecule has 0 aliphatic carbocycles. The molecule has 0 spiro atoms. The molecule has 2 heterocycles. The van der Waals surface area contributed by atoms with Crippen LogP contribution < -0.4 is 0 Å². The van der Waals surface area contributed by atoms with Gasteiger partial charge in [0.2, 0.25) is 10.0 Å².